The van der Waals surface area contributed by atoms with Crippen molar-refractivity contribution >= 4 is 29.1 Å². The fourth-order valence-electron chi connectivity index (χ4n) is 3.99. The molecular formula is C25H22ClNO7. The van der Waals surface area contributed by atoms with Crippen LogP contribution in [0.3, 0.4) is 0 Å². The van der Waals surface area contributed by atoms with E-state index in [4.69, 9.17) is 30.2 Å². The van der Waals surface area contributed by atoms with Gasteiger partial charge in [-0.1, -0.05) is 29.8 Å². The van der Waals surface area contributed by atoms with Gasteiger partial charge >= 0.3 is 0 Å². The molecule has 0 aliphatic carbocycles. The van der Waals surface area contributed by atoms with Gasteiger partial charge in [-0.25, -0.2) is 0 Å². The van der Waals surface area contributed by atoms with Crippen molar-refractivity contribution in [2.75, 3.05) is 21.3 Å². The van der Waals surface area contributed by atoms with Gasteiger partial charge in [-0.15, -0.1) is 0 Å². The van der Waals surface area contributed by atoms with Gasteiger partial charge in [0.2, 0.25) is 0 Å². The number of ether oxygens (including phenoxy) is 3. The summed E-state index contributed by atoms with van der Waals surface area (Å²) >= 11 is 6.27. The van der Waals surface area contributed by atoms with Gasteiger partial charge in [0.1, 0.15) is 34.8 Å². The van der Waals surface area contributed by atoms with E-state index in [0.29, 0.717) is 22.8 Å². The second-order valence-corrected chi connectivity index (χ2v) is 7.85. The number of para-hydroxylation sites is 1. The van der Waals surface area contributed by atoms with Gasteiger partial charge in [-0.3, -0.25) is 9.59 Å². The van der Waals surface area contributed by atoms with Crippen molar-refractivity contribution in [3.8, 4) is 17.2 Å². The molecule has 1 N–H and O–H groups in total. The monoisotopic (exact) mass is 483 g/mol. The minimum Gasteiger partial charge on any atom is -0.507 e. The smallest absolute Gasteiger partial charge is 0.296 e. The zero-order valence-corrected chi connectivity index (χ0v) is 19.5. The fourth-order valence-corrected chi connectivity index (χ4v) is 4.23. The molecule has 0 saturated carbocycles. The third-order valence-electron chi connectivity index (χ3n) is 5.61. The highest BCUT2D eigenvalue weighted by Crippen LogP contribution is 2.44. The van der Waals surface area contributed by atoms with Crippen molar-refractivity contribution in [2.24, 2.45) is 0 Å². The molecule has 1 fully saturated rings. The first-order valence-electron chi connectivity index (χ1n) is 10.3. The van der Waals surface area contributed by atoms with E-state index in [1.165, 1.54) is 44.6 Å². The lowest BCUT2D eigenvalue weighted by atomic mass is 9.98. The third kappa shape index (κ3) is 3.97. The number of aliphatic hydroxyl groups is 1. The summed E-state index contributed by atoms with van der Waals surface area (Å²) in [6.07, 6.45) is 1.43. The van der Waals surface area contributed by atoms with Crippen molar-refractivity contribution in [1.29, 1.82) is 0 Å². The molecule has 1 aliphatic heterocycles. The Morgan fingerprint density at radius 3 is 2.35 bits per heavy atom. The summed E-state index contributed by atoms with van der Waals surface area (Å²) in [5.74, 6) is -0.665. The van der Waals surface area contributed by atoms with Crippen LogP contribution in [0.4, 0.5) is 0 Å². The number of aliphatic hydroxyl groups excluding tert-OH is 1. The van der Waals surface area contributed by atoms with Crippen molar-refractivity contribution in [3.05, 3.63) is 82.3 Å². The topological polar surface area (TPSA) is 98.4 Å². The lowest BCUT2D eigenvalue weighted by molar-refractivity contribution is -0.140. The maximum Gasteiger partial charge on any atom is 0.296 e. The van der Waals surface area contributed by atoms with Crippen LogP contribution in [0.25, 0.3) is 5.76 Å². The second kappa shape index (κ2) is 9.52. The molecule has 2 aromatic carbocycles. The van der Waals surface area contributed by atoms with Crippen LogP contribution < -0.4 is 14.2 Å². The summed E-state index contributed by atoms with van der Waals surface area (Å²) in [5.41, 5.74) is 0.683. The maximum atomic E-state index is 13.2. The Morgan fingerprint density at radius 1 is 1.00 bits per heavy atom. The van der Waals surface area contributed by atoms with Gasteiger partial charge < -0.3 is 28.6 Å². The van der Waals surface area contributed by atoms with Crippen LogP contribution in [0.5, 0.6) is 17.2 Å². The number of furan rings is 1. The number of methoxy groups -OCH3 is 3. The molecule has 1 aromatic heterocycles. The zero-order valence-electron chi connectivity index (χ0n) is 18.7. The maximum absolute atomic E-state index is 13.2. The summed E-state index contributed by atoms with van der Waals surface area (Å²) in [6, 6.07) is 12.4. The van der Waals surface area contributed by atoms with E-state index in [2.05, 4.69) is 0 Å². The average Bonchev–Trinajstić information content (AvgIpc) is 3.46. The molecular weight excluding hydrogens is 462 g/mol. The molecule has 8 nitrogen and oxygen atoms in total. The summed E-state index contributed by atoms with van der Waals surface area (Å²) in [5, 5.41) is 11.5. The summed E-state index contributed by atoms with van der Waals surface area (Å²) < 4.78 is 21.6. The number of halogens is 1. The van der Waals surface area contributed by atoms with Gasteiger partial charge in [0, 0.05) is 11.6 Å². The Kier molecular flexibility index (Phi) is 6.51. The molecule has 34 heavy (non-hydrogen) atoms. The van der Waals surface area contributed by atoms with Gasteiger partial charge in [0.15, 0.2) is 0 Å². The largest absolute Gasteiger partial charge is 0.507 e. The minimum atomic E-state index is -0.981. The second-order valence-electron chi connectivity index (χ2n) is 7.44. The molecule has 1 saturated heterocycles. The number of carbonyl (C=O) groups excluding carboxylic acids is 2. The Bertz CT molecular complexity index is 1270. The third-order valence-corrected chi connectivity index (χ3v) is 5.91. The quantitative estimate of drug-likeness (QED) is 0.298. The number of rotatable bonds is 7. The van der Waals surface area contributed by atoms with Gasteiger partial charge in [-0.2, -0.15) is 0 Å². The Morgan fingerprint density at radius 2 is 1.71 bits per heavy atom. The molecule has 4 rings (SSSR count). The molecule has 1 atom stereocenters. The average molecular weight is 484 g/mol. The highest BCUT2D eigenvalue weighted by atomic mass is 35.5. The number of benzene rings is 2. The predicted molar refractivity (Wildman–Crippen MR) is 124 cm³/mol. The van der Waals surface area contributed by atoms with Crippen LogP contribution in [-0.2, 0) is 16.1 Å². The van der Waals surface area contributed by atoms with Crippen molar-refractivity contribution in [2.45, 2.75) is 12.6 Å². The molecule has 176 valence electrons. The summed E-state index contributed by atoms with van der Waals surface area (Å²) in [6.45, 7) is 0.0528. The van der Waals surface area contributed by atoms with Crippen LogP contribution in [0.2, 0.25) is 5.02 Å². The predicted octanol–water partition coefficient (Wildman–Crippen LogP) is 4.58. The Balaban J connectivity index is 1.88. The number of nitrogens with zero attached hydrogens (tertiary/aromatic N) is 1. The Labute approximate surface area is 200 Å². The van der Waals surface area contributed by atoms with E-state index >= 15 is 0 Å². The number of amides is 1. The summed E-state index contributed by atoms with van der Waals surface area (Å²) in [7, 11) is 4.38. The van der Waals surface area contributed by atoms with E-state index in [0.717, 1.165) is 0 Å². The molecule has 3 aromatic rings. The molecule has 0 spiro atoms. The van der Waals surface area contributed by atoms with E-state index < -0.39 is 23.5 Å². The van der Waals surface area contributed by atoms with Crippen molar-refractivity contribution in [3.63, 3.8) is 0 Å². The molecule has 1 amide bonds. The van der Waals surface area contributed by atoms with Crippen molar-refractivity contribution < 1.29 is 33.3 Å². The number of carbonyl (C=O) groups is 2. The first kappa shape index (κ1) is 23.3. The van der Waals surface area contributed by atoms with E-state index in [-0.39, 0.29) is 28.5 Å². The molecule has 1 aliphatic rings. The van der Waals surface area contributed by atoms with Crippen LogP contribution in [0, 0.1) is 0 Å². The van der Waals surface area contributed by atoms with E-state index in [1.807, 2.05) is 0 Å². The first-order valence-corrected chi connectivity index (χ1v) is 10.6. The number of hydrogen-bond acceptors (Lipinski definition) is 7. The number of ketones is 1. The van der Waals surface area contributed by atoms with Gasteiger partial charge in [0.05, 0.1) is 50.3 Å². The van der Waals surface area contributed by atoms with Crippen LogP contribution in [-0.4, -0.2) is 43.0 Å². The Hall–Kier alpha value is -3.91. The fraction of sp³-hybridized carbons (Fsp3) is 0.200. The van der Waals surface area contributed by atoms with Gasteiger partial charge in [0.25, 0.3) is 11.7 Å². The molecule has 9 heteroatoms. The normalized spacial score (nSPS) is 17.2. The van der Waals surface area contributed by atoms with Crippen LogP contribution in [0.15, 0.2) is 64.8 Å². The van der Waals surface area contributed by atoms with E-state index in [9.17, 15) is 14.7 Å². The molecule has 0 radical (unpaired) electrons. The highest BCUT2D eigenvalue weighted by molar-refractivity contribution is 6.46. The van der Waals surface area contributed by atoms with Crippen LogP contribution in [0.1, 0.15) is 22.9 Å². The SMILES string of the molecule is COc1cc(OC)c(/C(O)=C2/C(=O)C(=O)N(Cc3ccccc3OC)C2c2ccco2)cc1Cl. The number of hydrogen-bond donors (Lipinski definition) is 1. The molecule has 2 heterocycles. The molecule has 0 bridgehead atoms. The summed E-state index contributed by atoms with van der Waals surface area (Å²) in [4.78, 5) is 27.7. The van der Waals surface area contributed by atoms with Crippen LogP contribution >= 0.6 is 11.6 Å². The van der Waals surface area contributed by atoms with Crippen molar-refractivity contribution in [1.82, 2.24) is 4.90 Å². The lowest BCUT2D eigenvalue weighted by Gasteiger charge is -2.24. The minimum absolute atomic E-state index is 0.0528. The van der Waals surface area contributed by atoms with E-state index in [1.54, 1.807) is 36.4 Å². The zero-order chi connectivity index (χ0) is 24.4. The highest BCUT2D eigenvalue weighted by Gasteiger charge is 2.48. The number of likely N-dealkylation sites (tertiary alicyclic amines) is 1. The lowest BCUT2D eigenvalue weighted by Crippen LogP contribution is -2.29. The molecule has 1 unspecified atom stereocenters. The van der Waals surface area contributed by atoms with Gasteiger partial charge in [-0.05, 0) is 24.3 Å². The first-order chi connectivity index (χ1) is 16.4. The standard InChI is InChI=1S/C25H22ClNO7/c1-31-17-8-5-4-7-14(17)13-27-22(18-9-6-10-34-18)21(24(29)25(27)30)23(28)15-11-16(26)20(33-3)12-19(15)32-2/h4-12,22,28H,13H2,1-3H3/b23-21-. The number of Topliss-reactive ketones (excluding diaryl/α,β-unsaturated/α-hetero) is 1.